The molecule has 0 aromatic heterocycles. The van der Waals surface area contributed by atoms with Crippen molar-refractivity contribution in [1.29, 1.82) is 0 Å². The predicted molar refractivity (Wildman–Crippen MR) is 205 cm³/mol. The smallest absolute Gasteiger partial charge is 1.00 e. The third kappa shape index (κ3) is 6.04. The third-order valence-corrected chi connectivity index (χ3v) is 20.0. The molecule has 0 saturated heterocycles. The van der Waals surface area contributed by atoms with Crippen LogP contribution in [0.25, 0.3) is 39.1 Å². The Labute approximate surface area is 321 Å². The van der Waals surface area contributed by atoms with E-state index in [1.165, 1.54) is 83.1 Å². The first-order valence-electron chi connectivity index (χ1n) is 17.4. The molecule has 3 heteroatoms. The molecule has 0 bridgehead atoms. The summed E-state index contributed by atoms with van der Waals surface area (Å²) in [6.45, 7) is 6.95. The van der Waals surface area contributed by atoms with Crippen LogP contribution in [0.4, 0.5) is 0 Å². The number of fused-ring (bicyclic) bond motifs is 5. The summed E-state index contributed by atoms with van der Waals surface area (Å²) in [6.07, 6.45) is 2.55. The summed E-state index contributed by atoms with van der Waals surface area (Å²) in [5, 5.41) is 2.61. The van der Waals surface area contributed by atoms with Gasteiger partial charge in [0.2, 0.25) is 0 Å². The Bertz CT molecular complexity index is 2380. The maximum Gasteiger partial charge on any atom is -1.00 e. The molecule has 0 nitrogen and oxygen atoms in total. The van der Waals surface area contributed by atoms with Crippen molar-refractivity contribution in [2.24, 2.45) is 0 Å². The monoisotopic (exact) mass is 774 g/mol. The van der Waals surface area contributed by atoms with Crippen LogP contribution < -0.4 is 24.8 Å². The summed E-state index contributed by atoms with van der Waals surface area (Å²) in [7, 11) is 0. The van der Waals surface area contributed by atoms with E-state index in [-0.39, 0.29) is 24.8 Å². The molecule has 7 aromatic rings. The van der Waals surface area contributed by atoms with E-state index in [0.717, 1.165) is 0 Å². The van der Waals surface area contributed by atoms with Gasteiger partial charge in [-0.15, -0.1) is 0 Å². The van der Waals surface area contributed by atoms with Gasteiger partial charge in [-0.3, -0.25) is 0 Å². The van der Waals surface area contributed by atoms with Crippen LogP contribution in [0.5, 0.6) is 0 Å². The van der Waals surface area contributed by atoms with Gasteiger partial charge < -0.3 is 24.8 Å². The van der Waals surface area contributed by atoms with Gasteiger partial charge in [-0.25, -0.2) is 0 Å². The fraction of sp³-hybridized carbons (Fsp3) is 0.104. The Kier molecular flexibility index (Phi) is 10.0. The topological polar surface area (TPSA) is 0 Å². The normalized spacial score (nSPS) is 13.9. The Balaban J connectivity index is 0.00000203. The second-order valence-corrected chi connectivity index (χ2v) is 20.1. The summed E-state index contributed by atoms with van der Waals surface area (Å²) in [6, 6.07) is 59.9. The van der Waals surface area contributed by atoms with Crippen molar-refractivity contribution in [1.82, 2.24) is 0 Å². The van der Waals surface area contributed by atoms with Crippen molar-refractivity contribution in [3.05, 3.63) is 208 Å². The first kappa shape index (κ1) is 35.3. The third-order valence-electron chi connectivity index (χ3n) is 10.7. The van der Waals surface area contributed by atoms with Gasteiger partial charge >= 0.3 is 299 Å². The molecule has 9 rings (SSSR count). The molecule has 2 aliphatic rings. The molecular formula is C48H38Cl2Zr. The molecular weight excluding hydrogens is 739 g/mol. The second kappa shape index (κ2) is 14.5. The molecule has 0 heterocycles. The molecule has 0 spiro atoms. The molecule has 0 amide bonds. The molecule has 7 aromatic carbocycles. The first-order valence-corrected chi connectivity index (χ1v) is 21.5. The number of hydrogen-bond acceptors (Lipinski definition) is 0. The fourth-order valence-corrected chi connectivity index (χ4v) is 19.0. The van der Waals surface area contributed by atoms with Crippen molar-refractivity contribution < 1.29 is 46.1 Å². The average molecular weight is 777 g/mol. The number of halogens is 2. The summed E-state index contributed by atoms with van der Waals surface area (Å²) in [4.78, 5) is 0. The van der Waals surface area contributed by atoms with Crippen LogP contribution >= 0.6 is 0 Å². The van der Waals surface area contributed by atoms with E-state index < -0.39 is 21.3 Å². The predicted octanol–water partition coefficient (Wildman–Crippen LogP) is 6.25. The van der Waals surface area contributed by atoms with Gasteiger partial charge in [-0.1, -0.05) is 0 Å². The van der Waals surface area contributed by atoms with Gasteiger partial charge in [0.1, 0.15) is 0 Å². The van der Waals surface area contributed by atoms with Crippen LogP contribution in [0.3, 0.4) is 0 Å². The van der Waals surface area contributed by atoms with E-state index in [2.05, 4.69) is 185 Å². The van der Waals surface area contributed by atoms with E-state index in [9.17, 15) is 0 Å². The van der Waals surface area contributed by atoms with Crippen LogP contribution in [0.1, 0.15) is 58.7 Å². The quantitative estimate of drug-likeness (QED) is 0.194. The van der Waals surface area contributed by atoms with Gasteiger partial charge in [0.25, 0.3) is 0 Å². The molecule has 2 aliphatic carbocycles. The van der Waals surface area contributed by atoms with Gasteiger partial charge in [-0.05, 0) is 0 Å². The van der Waals surface area contributed by atoms with Gasteiger partial charge in [0.05, 0.1) is 0 Å². The maximum absolute atomic E-state index is 2.94. The largest absolute Gasteiger partial charge is 1.00 e. The zero-order valence-electron chi connectivity index (χ0n) is 29.0. The van der Waals surface area contributed by atoms with Crippen LogP contribution in [-0.2, 0) is 21.3 Å². The van der Waals surface area contributed by atoms with E-state index in [1.54, 1.807) is 3.21 Å². The van der Waals surface area contributed by atoms with Crippen molar-refractivity contribution in [3.63, 3.8) is 0 Å². The Morgan fingerprint density at radius 2 is 0.980 bits per heavy atom. The van der Waals surface area contributed by atoms with E-state index in [1.807, 2.05) is 0 Å². The van der Waals surface area contributed by atoms with Crippen molar-refractivity contribution >= 4 is 20.1 Å². The molecule has 0 radical (unpaired) electrons. The number of aryl methyl sites for hydroxylation is 2. The molecule has 1 unspecified atom stereocenters. The minimum absolute atomic E-state index is 0. The molecule has 0 aliphatic heterocycles. The van der Waals surface area contributed by atoms with E-state index >= 15 is 0 Å². The minimum Gasteiger partial charge on any atom is -1.00 e. The number of hydrogen-bond donors (Lipinski definition) is 0. The van der Waals surface area contributed by atoms with E-state index in [4.69, 9.17) is 0 Å². The second-order valence-electron chi connectivity index (χ2n) is 13.8. The number of benzene rings is 7. The zero-order chi connectivity index (χ0) is 33.1. The van der Waals surface area contributed by atoms with Crippen LogP contribution in [0.2, 0.25) is 0 Å². The Morgan fingerprint density at radius 1 is 0.451 bits per heavy atom. The summed E-state index contributed by atoms with van der Waals surface area (Å²) in [5.74, 6) is 0. The zero-order valence-corrected chi connectivity index (χ0v) is 33.0. The Morgan fingerprint density at radius 3 is 1.61 bits per heavy atom. The maximum atomic E-state index is 2.55. The minimum atomic E-state index is -2.94. The summed E-state index contributed by atoms with van der Waals surface area (Å²) in [5.41, 5.74) is 18.5. The Hall–Kier alpha value is -4.13. The summed E-state index contributed by atoms with van der Waals surface area (Å²) >= 11 is -2.94. The molecule has 0 N–H and O–H groups in total. The molecule has 248 valence electrons. The number of rotatable bonds is 5. The molecule has 51 heavy (non-hydrogen) atoms. The van der Waals surface area contributed by atoms with E-state index in [0.29, 0.717) is 7.25 Å². The molecule has 0 saturated carbocycles. The van der Waals surface area contributed by atoms with Crippen molar-refractivity contribution in [2.45, 2.75) is 28.0 Å². The van der Waals surface area contributed by atoms with Crippen LogP contribution in [0, 0.1) is 13.8 Å². The number of allylic oxidation sites excluding steroid dienone is 1. The van der Waals surface area contributed by atoms with Crippen LogP contribution in [-0.4, -0.2) is 3.21 Å². The fourth-order valence-electron chi connectivity index (χ4n) is 8.66. The average Bonchev–Trinajstić information content (AvgIpc) is 3.63. The standard InChI is InChI=1S/C20H15.C15H13.C13H10.2ClH.Zr/c1-14-12-16-8-5-11-19(20(16)13-14)18-10-4-7-15-6-2-3-9-17(15)18;1-10-3-5-14-12(7-10)9-13-8-11(2)4-6-15(13)14;1-3-7-12(8-4-1)11-13-9-5-2-6-10-13;;;/h2-13H,1H3;3-9H,1-2H3;1-10H;2*1H;/q;;;;;+2/p-2. The summed E-state index contributed by atoms with van der Waals surface area (Å²) < 4.78 is 2.37. The molecule has 1 atom stereocenters. The van der Waals surface area contributed by atoms with Crippen molar-refractivity contribution in [2.75, 3.05) is 0 Å². The first-order chi connectivity index (χ1) is 24.1. The van der Waals surface area contributed by atoms with Gasteiger partial charge in [-0.2, -0.15) is 0 Å². The van der Waals surface area contributed by atoms with Crippen LogP contribution in [0.15, 0.2) is 163 Å². The van der Waals surface area contributed by atoms with Gasteiger partial charge in [0.15, 0.2) is 0 Å². The molecule has 0 fully saturated rings. The van der Waals surface area contributed by atoms with Gasteiger partial charge in [0, 0.05) is 0 Å². The SMILES string of the molecule is CC1=Cc2c(-c3cccc4ccccc34)cccc2[CH]1[Zr+2](=[C](c1ccccc1)c1ccccc1)[CH]1c2cc(C)ccc2-c2ccc(C)cc21.[Cl-].[Cl-]. The van der Waals surface area contributed by atoms with Crippen molar-refractivity contribution in [3.8, 4) is 22.3 Å².